The largest absolute Gasteiger partial charge is 0.379 e. The molecule has 2 aliphatic heterocycles. The van der Waals surface area contributed by atoms with Gasteiger partial charge in [-0.25, -0.2) is 9.37 Å². The lowest BCUT2D eigenvalue weighted by atomic mass is 9.88. The molecule has 1 unspecified atom stereocenters. The monoisotopic (exact) mass is 466 g/mol. The number of halogens is 1. The third-order valence-corrected chi connectivity index (χ3v) is 7.48. The van der Waals surface area contributed by atoms with Crippen LogP contribution in [0.2, 0.25) is 0 Å². The van der Waals surface area contributed by atoms with Gasteiger partial charge < -0.3 is 15.0 Å². The lowest BCUT2D eigenvalue weighted by Gasteiger charge is -2.40. The summed E-state index contributed by atoms with van der Waals surface area (Å²) in [6.07, 6.45) is 8.15. The van der Waals surface area contributed by atoms with E-state index in [1.165, 1.54) is 44.2 Å². The number of ether oxygens (including phenoxy) is 1. The molecule has 1 saturated carbocycles. The van der Waals surface area contributed by atoms with E-state index in [4.69, 9.17) is 9.72 Å². The smallest absolute Gasteiger partial charge is 0.248 e. The SMILES string of the molecule is O=C1Nc2nc(-c3ccc(F)cc3)ccc2N(CC2CCCCC2)C1CCCN1CCOCC1. The molecular weight excluding hydrogens is 431 g/mol. The van der Waals surface area contributed by atoms with Crippen LogP contribution in [0.5, 0.6) is 0 Å². The molecule has 1 atom stereocenters. The van der Waals surface area contributed by atoms with Crippen LogP contribution < -0.4 is 10.2 Å². The van der Waals surface area contributed by atoms with Crippen molar-refractivity contribution in [1.82, 2.24) is 9.88 Å². The predicted octanol–water partition coefficient (Wildman–Crippen LogP) is 4.71. The van der Waals surface area contributed by atoms with Crippen LogP contribution in [0.15, 0.2) is 36.4 Å². The molecule has 2 fully saturated rings. The highest BCUT2D eigenvalue weighted by Crippen LogP contribution is 2.36. The molecule has 0 bridgehead atoms. The zero-order valence-electron chi connectivity index (χ0n) is 19.8. The number of aromatic nitrogens is 1. The van der Waals surface area contributed by atoms with Crippen LogP contribution in [0.25, 0.3) is 11.3 Å². The first-order chi connectivity index (χ1) is 16.7. The fourth-order valence-electron chi connectivity index (χ4n) is 5.56. The summed E-state index contributed by atoms with van der Waals surface area (Å²) in [6, 6.07) is 10.2. The van der Waals surface area contributed by atoms with E-state index in [1.54, 1.807) is 12.1 Å². The number of pyridine rings is 1. The number of nitrogens with zero attached hydrogens (tertiary/aromatic N) is 3. The van der Waals surface area contributed by atoms with Crippen molar-refractivity contribution in [3.63, 3.8) is 0 Å². The van der Waals surface area contributed by atoms with Gasteiger partial charge in [0.15, 0.2) is 5.82 Å². The third kappa shape index (κ3) is 5.41. The highest BCUT2D eigenvalue weighted by molar-refractivity contribution is 6.02. The number of rotatable bonds is 7. The second kappa shape index (κ2) is 10.8. The zero-order valence-corrected chi connectivity index (χ0v) is 19.8. The predicted molar refractivity (Wildman–Crippen MR) is 132 cm³/mol. The molecule has 1 aliphatic carbocycles. The molecule has 1 saturated heterocycles. The van der Waals surface area contributed by atoms with Gasteiger partial charge >= 0.3 is 0 Å². The first-order valence-electron chi connectivity index (χ1n) is 12.8. The van der Waals surface area contributed by atoms with E-state index in [-0.39, 0.29) is 17.8 Å². The van der Waals surface area contributed by atoms with Crippen LogP contribution in [-0.4, -0.2) is 61.2 Å². The van der Waals surface area contributed by atoms with E-state index in [0.717, 1.165) is 69.2 Å². The van der Waals surface area contributed by atoms with Crippen LogP contribution in [0.3, 0.4) is 0 Å². The number of benzene rings is 1. The number of carbonyl (C=O) groups is 1. The Balaban J connectivity index is 1.36. The third-order valence-electron chi connectivity index (χ3n) is 7.48. The lowest BCUT2D eigenvalue weighted by molar-refractivity contribution is -0.118. The van der Waals surface area contributed by atoms with Crippen LogP contribution in [0.1, 0.15) is 44.9 Å². The topological polar surface area (TPSA) is 57.7 Å². The molecule has 0 spiro atoms. The Labute approximate surface area is 201 Å². The second-order valence-corrected chi connectivity index (χ2v) is 9.83. The molecule has 3 aliphatic rings. The average Bonchev–Trinajstić information content (AvgIpc) is 2.87. The van der Waals surface area contributed by atoms with Gasteiger partial charge in [-0.3, -0.25) is 9.69 Å². The molecule has 5 rings (SSSR count). The van der Waals surface area contributed by atoms with Gasteiger partial charge in [0.05, 0.1) is 24.6 Å². The summed E-state index contributed by atoms with van der Waals surface area (Å²) in [5, 5.41) is 3.09. The van der Waals surface area contributed by atoms with Crippen molar-refractivity contribution in [2.45, 2.75) is 51.0 Å². The normalized spacial score (nSPS) is 21.9. The highest BCUT2D eigenvalue weighted by atomic mass is 19.1. The number of morpholine rings is 1. The average molecular weight is 467 g/mol. The van der Waals surface area contributed by atoms with Crippen molar-refractivity contribution in [3.05, 3.63) is 42.2 Å². The summed E-state index contributed by atoms with van der Waals surface area (Å²) in [5.74, 6) is 1.00. The molecule has 1 amide bonds. The van der Waals surface area contributed by atoms with Crippen molar-refractivity contribution >= 4 is 17.4 Å². The van der Waals surface area contributed by atoms with Crippen LogP contribution in [0, 0.1) is 11.7 Å². The van der Waals surface area contributed by atoms with Crippen molar-refractivity contribution in [2.75, 3.05) is 49.6 Å². The zero-order chi connectivity index (χ0) is 23.3. The number of anilines is 2. The molecule has 3 heterocycles. The number of fused-ring (bicyclic) bond motifs is 1. The summed E-state index contributed by atoms with van der Waals surface area (Å²) in [5.41, 5.74) is 2.58. The molecular formula is C27H35FN4O2. The molecule has 2 aromatic rings. The first kappa shape index (κ1) is 23.2. The van der Waals surface area contributed by atoms with E-state index >= 15 is 0 Å². The maximum Gasteiger partial charge on any atom is 0.248 e. The Hall–Kier alpha value is -2.51. The minimum absolute atomic E-state index is 0.0362. The first-order valence-corrected chi connectivity index (χ1v) is 12.8. The van der Waals surface area contributed by atoms with Gasteiger partial charge in [-0.05, 0) is 74.5 Å². The minimum atomic E-state index is -0.270. The number of carbonyl (C=O) groups excluding carboxylic acids is 1. The summed E-state index contributed by atoms with van der Waals surface area (Å²) < 4.78 is 18.8. The van der Waals surface area contributed by atoms with Gasteiger partial charge in [0, 0.05) is 25.2 Å². The molecule has 34 heavy (non-hydrogen) atoms. The number of hydrogen-bond donors (Lipinski definition) is 1. The Morgan fingerprint density at radius 1 is 1.03 bits per heavy atom. The maximum absolute atomic E-state index is 13.4. The molecule has 7 heteroatoms. The fraction of sp³-hybridized carbons (Fsp3) is 0.556. The van der Waals surface area contributed by atoms with E-state index in [1.807, 2.05) is 6.07 Å². The Kier molecular flexibility index (Phi) is 7.40. The van der Waals surface area contributed by atoms with Gasteiger partial charge in [0.1, 0.15) is 11.9 Å². The van der Waals surface area contributed by atoms with Gasteiger partial charge in [0.25, 0.3) is 0 Å². The summed E-state index contributed by atoms with van der Waals surface area (Å²) in [7, 11) is 0. The lowest BCUT2D eigenvalue weighted by Crippen LogP contribution is -2.50. The maximum atomic E-state index is 13.4. The van der Waals surface area contributed by atoms with E-state index in [2.05, 4.69) is 21.2 Å². The van der Waals surface area contributed by atoms with Crippen LogP contribution in [0.4, 0.5) is 15.9 Å². The Bertz CT molecular complexity index is 971. The summed E-state index contributed by atoms with van der Waals surface area (Å²) in [6.45, 7) is 5.45. The summed E-state index contributed by atoms with van der Waals surface area (Å²) >= 11 is 0. The fourth-order valence-corrected chi connectivity index (χ4v) is 5.56. The van der Waals surface area contributed by atoms with Gasteiger partial charge in [-0.1, -0.05) is 19.3 Å². The molecule has 0 radical (unpaired) electrons. The van der Waals surface area contributed by atoms with Crippen molar-refractivity contribution < 1.29 is 13.9 Å². The molecule has 182 valence electrons. The highest BCUT2D eigenvalue weighted by Gasteiger charge is 2.35. The van der Waals surface area contributed by atoms with Crippen LogP contribution >= 0.6 is 0 Å². The molecule has 1 aromatic carbocycles. The van der Waals surface area contributed by atoms with Gasteiger partial charge in [0.2, 0.25) is 5.91 Å². The molecule has 1 aromatic heterocycles. The number of nitrogens with one attached hydrogen (secondary N) is 1. The number of hydrogen-bond acceptors (Lipinski definition) is 5. The van der Waals surface area contributed by atoms with Crippen molar-refractivity contribution in [1.29, 1.82) is 0 Å². The summed E-state index contributed by atoms with van der Waals surface area (Å²) in [4.78, 5) is 22.8. The van der Waals surface area contributed by atoms with E-state index in [9.17, 15) is 9.18 Å². The molecule has 6 nitrogen and oxygen atoms in total. The second-order valence-electron chi connectivity index (χ2n) is 9.83. The van der Waals surface area contributed by atoms with Crippen molar-refractivity contribution in [2.24, 2.45) is 5.92 Å². The van der Waals surface area contributed by atoms with Crippen LogP contribution in [-0.2, 0) is 9.53 Å². The Morgan fingerprint density at radius 3 is 2.56 bits per heavy atom. The van der Waals surface area contributed by atoms with Crippen molar-refractivity contribution in [3.8, 4) is 11.3 Å². The standard InChI is InChI=1S/C27H35FN4O2/c28-22-10-8-21(9-11-22)23-12-13-24-26(29-23)30-27(33)25(7-4-14-31-15-17-34-18-16-31)32(24)19-20-5-2-1-3-6-20/h8-13,20,25H,1-7,14-19H2,(H,29,30,33). The van der Waals surface area contributed by atoms with Gasteiger partial charge in [-0.2, -0.15) is 0 Å². The minimum Gasteiger partial charge on any atom is -0.379 e. The van der Waals surface area contributed by atoms with E-state index in [0.29, 0.717) is 11.7 Å². The number of amides is 1. The quantitative estimate of drug-likeness (QED) is 0.641. The van der Waals surface area contributed by atoms with E-state index < -0.39 is 0 Å². The Morgan fingerprint density at radius 2 is 1.79 bits per heavy atom. The van der Waals surface area contributed by atoms with Gasteiger partial charge in [-0.15, -0.1) is 0 Å². The molecule has 1 N–H and O–H groups in total.